The molecule has 0 bridgehead atoms. The van der Waals surface area contributed by atoms with Gasteiger partial charge < -0.3 is 15.5 Å². The fourth-order valence-electron chi connectivity index (χ4n) is 3.41. The smallest absolute Gasteiger partial charge is 0.315 e. The number of hydrogen-bond acceptors (Lipinski definition) is 3. The molecule has 5 heteroatoms. The molecule has 0 radical (unpaired) electrons. The van der Waals surface area contributed by atoms with E-state index in [-0.39, 0.29) is 12.1 Å². The van der Waals surface area contributed by atoms with Gasteiger partial charge in [0.25, 0.3) is 0 Å². The van der Waals surface area contributed by atoms with Gasteiger partial charge >= 0.3 is 6.03 Å². The number of hydrogen-bond donors (Lipinski definition) is 2. The summed E-state index contributed by atoms with van der Waals surface area (Å²) >= 11 is 0. The standard InChI is InChI=1S/C22H30N4O/c1-18-8-10-20(11-9-18)21(26-14-12-25(2)13-15-26)17-24-22(27)23-16-19-6-4-3-5-7-19/h3-11,21H,12-17H2,1-2H3,(H2,23,24,27). The first-order valence-electron chi connectivity index (χ1n) is 9.66. The first-order valence-corrected chi connectivity index (χ1v) is 9.66. The van der Waals surface area contributed by atoms with Gasteiger partial charge in [-0.3, -0.25) is 4.90 Å². The molecule has 1 saturated heterocycles. The van der Waals surface area contributed by atoms with Gasteiger partial charge in [-0.05, 0) is 25.1 Å². The average molecular weight is 367 g/mol. The molecule has 0 aliphatic carbocycles. The quantitative estimate of drug-likeness (QED) is 0.826. The van der Waals surface area contributed by atoms with Crippen molar-refractivity contribution < 1.29 is 4.79 Å². The van der Waals surface area contributed by atoms with E-state index in [4.69, 9.17) is 0 Å². The maximum Gasteiger partial charge on any atom is 0.315 e. The van der Waals surface area contributed by atoms with E-state index in [1.54, 1.807) is 0 Å². The molecular formula is C22H30N4O. The first-order chi connectivity index (χ1) is 13.1. The minimum atomic E-state index is -0.120. The number of amides is 2. The summed E-state index contributed by atoms with van der Waals surface area (Å²) in [6, 6.07) is 18.7. The summed E-state index contributed by atoms with van der Waals surface area (Å²) in [4.78, 5) is 17.1. The highest BCUT2D eigenvalue weighted by molar-refractivity contribution is 5.73. The predicted molar refractivity (Wildman–Crippen MR) is 110 cm³/mol. The summed E-state index contributed by atoms with van der Waals surface area (Å²) in [5.41, 5.74) is 3.61. The van der Waals surface area contributed by atoms with Gasteiger partial charge in [0.15, 0.2) is 0 Å². The number of benzene rings is 2. The number of likely N-dealkylation sites (N-methyl/N-ethyl adjacent to an activating group) is 1. The van der Waals surface area contributed by atoms with E-state index >= 15 is 0 Å². The van der Waals surface area contributed by atoms with Gasteiger partial charge in [-0.25, -0.2) is 4.79 Å². The van der Waals surface area contributed by atoms with Crippen molar-refractivity contribution in [1.29, 1.82) is 0 Å². The van der Waals surface area contributed by atoms with E-state index in [1.807, 2.05) is 30.3 Å². The van der Waals surface area contributed by atoms with Crippen LogP contribution in [0.2, 0.25) is 0 Å². The van der Waals surface area contributed by atoms with Crippen LogP contribution in [0.5, 0.6) is 0 Å². The number of aryl methyl sites for hydroxylation is 1. The van der Waals surface area contributed by atoms with Crippen LogP contribution in [0.4, 0.5) is 4.79 Å². The van der Waals surface area contributed by atoms with Crippen molar-refractivity contribution in [3.8, 4) is 0 Å². The lowest BCUT2D eigenvalue weighted by atomic mass is 10.0. The third-order valence-electron chi connectivity index (χ3n) is 5.19. The van der Waals surface area contributed by atoms with Crippen molar-refractivity contribution in [3.63, 3.8) is 0 Å². The Kier molecular flexibility index (Phi) is 6.85. The van der Waals surface area contributed by atoms with Crippen molar-refractivity contribution in [2.24, 2.45) is 0 Å². The number of carbonyl (C=O) groups is 1. The van der Waals surface area contributed by atoms with Gasteiger partial charge in [0.2, 0.25) is 0 Å². The van der Waals surface area contributed by atoms with Crippen molar-refractivity contribution in [3.05, 3.63) is 71.3 Å². The van der Waals surface area contributed by atoms with Crippen LogP contribution < -0.4 is 10.6 Å². The number of urea groups is 1. The van der Waals surface area contributed by atoms with Crippen LogP contribution in [0.3, 0.4) is 0 Å². The molecule has 5 nitrogen and oxygen atoms in total. The van der Waals surface area contributed by atoms with Gasteiger partial charge in [-0.15, -0.1) is 0 Å². The minimum Gasteiger partial charge on any atom is -0.336 e. The van der Waals surface area contributed by atoms with Crippen LogP contribution in [0.15, 0.2) is 54.6 Å². The summed E-state index contributed by atoms with van der Waals surface area (Å²) in [6.45, 7) is 7.39. The topological polar surface area (TPSA) is 47.6 Å². The largest absolute Gasteiger partial charge is 0.336 e. The van der Waals surface area contributed by atoms with Crippen LogP contribution in [-0.2, 0) is 6.54 Å². The number of nitrogens with one attached hydrogen (secondary N) is 2. The van der Waals surface area contributed by atoms with E-state index in [1.165, 1.54) is 11.1 Å². The zero-order valence-corrected chi connectivity index (χ0v) is 16.3. The van der Waals surface area contributed by atoms with Crippen molar-refractivity contribution in [2.45, 2.75) is 19.5 Å². The maximum absolute atomic E-state index is 12.3. The second-order valence-corrected chi connectivity index (χ2v) is 7.31. The average Bonchev–Trinajstić information content (AvgIpc) is 2.70. The lowest BCUT2D eigenvalue weighted by Gasteiger charge is -2.38. The SMILES string of the molecule is Cc1ccc(C(CNC(=O)NCc2ccccc2)N2CCN(C)CC2)cc1. The van der Waals surface area contributed by atoms with Crippen LogP contribution in [0.1, 0.15) is 22.7 Å². The number of rotatable bonds is 6. The lowest BCUT2D eigenvalue weighted by Crippen LogP contribution is -2.49. The monoisotopic (exact) mass is 366 g/mol. The Balaban J connectivity index is 1.59. The van der Waals surface area contributed by atoms with Crippen molar-refractivity contribution in [2.75, 3.05) is 39.8 Å². The summed E-state index contributed by atoms with van der Waals surface area (Å²) in [7, 11) is 2.16. The molecule has 3 rings (SSSR count). The van der Waals surface area contributed by atoms with Crippen molar-refractivity contribution in [1.82, 2.24) is 20.4 Å². The Morgan fingerprint density at radius 2 is 1.63 bits per heavy atom. The van der Waals surface area contributed by atoms with Crippen LogP contribution >= 0.6 is 0 Å². The molecule has 1 aliphatic rings. The Morgan fingerprint density at radius 3 is 2.30 bits per heavy atom. The molecular weight excluding hydrogens is 336 g/mol. The Labute approximate surface area is 162 Å². The van der Waals surface area contributed by atoms with E-state index in [9.17, 15) is 4.79 Å². The van der Waals surface area contributed by atoms with E-state index < -0.39 is 0 Å². The van der Waals surface area contributed by atoms with Crippen molar-refractivity contribution >= 4 is 6.03 Å². The van der Waals surface area contributed by atoms with Crippen LogP contribution in [0, 0.1) is 6.92 Å². The zero-order valence-electron chi connectivity index (χ0n) is 16.3. The summed E-state index contributed by atoms with van der Waals surface area (Å²) in [5.74, 6) is 0. The van der Waals surface area contributed by atoms with E-state index in [2.05, 4.69) is 58.7 Å². The molecule has 1 aliphatic heterocycles. The van der Waals surface area contributed by atoms with Gasteiger partial charge in [0.1, 0.15) is 0 Å². The zero-order chi connectivity index (χ0) is 19.1. The predicted octanol–water partition coefficient (Wildman–Crippen LogP) is 2.78. The number of piperazine rings is 1. The second kappa shape index (κ2) is 9.53. The van der Waals surface area contributed by atoms with Crippen LogP contribution in [0.25, 0.3) is 0 Å². The molecule has 1 atom stereocenters. The molecule has 0 spiro atoms. The number of nitrogens with zero attached hydrogens (tertiary/aromatic N) is 2. The Bertz CT molecular complexity index is 709. The molecule has 2 aromatic carbocycles. The molecule has 144 valence electrons. The first kappa shape index (κ1) is 19.4. The molecule has 1 fully saturated rings. The Hall–Kier alpha value is -2.37. The van der Waals surface area contributed by atoms with Gasteiger partial charge in [-0.2, -0.15) is 0 Å². The molecule has 0 aromatic heterocycles. The molecule has 27 heavy (non-hydrogen) atoms. The normalized spacial score (nSPS) is 16.7. The molecule has 1 heterocycles. The second-order valence-electron chi connectivity index (χ2n) is 7.31. The highest BCUT2D eigenvalue weighted by Crippen LogP contribution is 2.22. The highest BCUT2D eigenvalue weighted by atomic mass is 16.2. The minimum absolute atomic E-state index is 0.120. The third-order valence-corrected chi connectivity index (χ3v) is 5.19. The van der Waals surface area contributed by atoms with Gasteiger partial charge in [0.05, 0.1) is 6.04 Å². The Morgan fingerprint density at radius 1 is 0.963 bits per heavy atom. The molecule has 2 N–H and O–H groups in total. The van der Waals surface area contributed by atoms with E-state index in [0.29, 0.717) is 13.1 Å². The van der Waals surface area contributed by atoms with E-state index in [0.717, 1.165) is 31.7 Å². The fourth-order valence-corrected chi connectivity index (χ4v) is 3.41. The molecule has 2 amide bonds. The molecule has 2 aromatic rings. The lowest BCUT2D eigenvalue weighted by molar-refractivity contribution is 0.111. The maximum atomic E-state index is 12.3. The van der Waals surface area contributed by atoms with Gasteiger partial charge in [0, 0.05) is 39.3 Å². The fraction of sp³-hybridized carbons (Fsp3) is 0.409. The molecule has 0 saturated carbocycles. The van der Waals surface area contributed by atoms with Crippen LogP contribution in [-0.4, -0.2) is 55.6 Å². The number of carbonyl (C=O) groups excluding carboxylic acids is 1. The third kappa shape index (κ3) is 5.81. The molecule has 1 unspecified atom stereocenters. The highest BCUT2D eigenvalue weighted by Gasteiger charge is 2.24. The van der Waals surface area contributed by atoms with Gasteiger partial charge in [-0.1, -0.05) is 60.2 Å². The summed E-state index contributed by atoms with van der Waals surface area (Å²) in [6.07, 6.45) is 0. The summed E-state index contributed by atoms with van der Waals surface area (Å²) in [5, 5.41) is 6.02. The summed E-state index contributed by atoms with van der Waals surface area (Å²) < 4.78 is 0.